The molecule has 0 aromatic heterocycles. The van der Waals surface area contributed by atoms with Gasteiger partial charge in [-0.25, -0.2) is 0 Å². The molecule has 0 radical (unpaired) electrons. The van der Waals surface area contributed by atoms with Crippen molar-refractivity contribution in [3.63, 3.8) is 0 Å². The third-order valence-electron chi connectivity index (χ3n) is 2.94. The molecule has 0 aliphatic carbocycles. The summed E-state index contributed by atoms with van der Waals surface area (Å²) in [6, 6.07) is 8.53. The monoisotopic (exact) mass is 253 g/mol. The molecular weight excluding hydrogens is 238 g/mol. The maximum Gasteiger partial charge on any atom is 0.0207 e. The number of benzene rings is 1. The minimum atomic E-state index is 0.891. The second-order valence-electron chi connectivity index (χ2n) is 3.99. The van der Waals surface area contributed by atoms with Gasteiger partial charge in [0.2, 0.25) is 0 Å². The van der Waals surface area contributed by atoms with E-state index in [0.717, 1.165) is 5.92 Å². The zero-order valence-corrected chi connectivity index (χ0v) is 9.89. The lowest BCUT2D eigenvalue weighted by Crippen LogP contribution is -2.09. The predicted octanol–water partition coefficient (Wildman–Crippen LogP) is 2.99. The first kappa shape index (κ1) is 10.2. The van der Waals surface area contributed by atoms with Crippen molar-refractivity contribution in [2.24, 2.45) is 5.92 Å². The topological polar surface area (TPSA) is 12.0 Å². The summed E-state index contributed by atoms with van der Waals surface area (Å²) in [5, 5.41) is 3.41. The van der Waals surface area contributed by atoms with E-state index < -0.39 is 0 Å². The second-order valence-corrected chi connectivity index (χ2v) is 4.84. The fraction of sp³-hybridized carbons (Fsp3) is 0.500. The van der Waals surface area contributed by atoms with Crippen molar-refractivity contribution >= 4 is 15.9 Å². The van der Waals surface area contributed by atoms with Crippen molar-refractivity contribution < 1.29 is 0 Å². The normalized spacial score (nSPS) is 21.4. The maximum absolute atomic E-state index is 3.59. The summed E-state index contributed by atoms with van der Waals surface area (Å²) in [6.07, 6.45) is 3.87. The van der Waals surface area contributed by atoms with Gasteiger partial charge in [0.15, 0.2) is 0 Å². The number of aryl methyl sites for hydroxylation is 1. The van der Waals surface area contributed by atoms with Crippen LogP contribution in [0, 0.1) is 5.92 Å². The van der Waals surface area contributed by atoms with Crippen molar-refractivity contribution in [1.29, 1.82) is 0 Å². The van der Waals surface area contributed by atoms with Crippen LogP contribution in [-0.2, 0) is 6.42 Å². The van der Waals surface area contributed by atoms with E-state index >= 15 is 0 Å². The molecule has 1 aromatic carbocycles. The largest absolute Gasteiger partial charge is 0.316 e. The van der Waals surface area contributed by atoms with Crippen LogP contribution >= 0.6 is 15.9 Å². The van der Waals surface area contributed by atoms with Gasteiger partial charge in [-0.2, -0.15) is 0 Å². The molecule has 1 fully saturated rings. The molecule has 1 heterocycles. The van der Waals surface area contributed by atoms with E-state index in [0.29, 0.717) is 0 Å². The van der Waals surface area contributed by atoms with Gasteiger partial charge >= 0.3 is 0 Å². The van der Waals surface area contributed by atoms with E-state index in [1.807, 2.05) is 0 Å². The van der Waals surface area contributed by atoms with Gasteiger partial charge in [0.05, 0.1) is 0 Å². The van der Waals surface area contributed by atoms with Crippen LogP contribution < -0.4 is 5.32 Å². The van der Waals surface area contributed by atoms with Crippen LogP contribution in [0.2, 0.25) is 0 Å². The Balaban J connectivity index is 1.88. The molecule has 1 atom stereocenters. The van der Waals surface area contributed by atoms with Gasteiger partial charge in [-0.3, -0.25) is 0 Å². The minimum Gasteiger partial charge on any atom is -0.316 e. The van der Waals surface area contributed by atoms with E-state index in [2.05, 4.69) is 45.5 Å². The van der Waals surface area contributed by atoms with Crippen molar-refractivity contribution in [3.8, 4) is 0 Å². The van der Waals surface area contributed by atoms with Crippen molar-refractivity contribution in [1.82, 2.24) is 5.32 Å². The molecule has 2 rings (SSSR count). The molecule has 14 heavy (non-hydrogen) atoms. The van der Waals surface area contributed by atoms with E-state index in [1.165, 1.54) is 42.4 Å². The van der Waals surface area contributed by atoms with E-state index in [1.54, 1.807) is 0 Å². The third kappa shape index (κ3) is 2.58. The molecule has 1 unspecified atom stereocenters. The molecule has 1 aliphatic rings. The fourth-order valence-corrected chi connectivity index (χ4v) is 2.50. The molecule has 1 nitrogen and oxygen atoms in total. The Morgan fingerprint density at radius 1 is 1.36 bits per heavy atom. The molecule has 0 amide bonds. The lowest BCUT2D eigenvalue weighted by molar-refractivity contribution is 0.532. The lowest BCUT2D eigenvalue weighted by Gasteiger charge is -2.08. The molecule has 1 aliphatic heterocycles. The molecule has 76 valence electrons. The number of halogens is 1. The molecule has 0 saturated carbocycles. The highest BCUT2D eigenvalue weighted by molar-refractivity contribution is 9.10. The summed E-state index contributed by atoms with van der Waals surface area (Å²) in [5.74, 6) is 0.891. The SMILES string of the molecule is Brc1ccccc1CCC1CCNC1. The van der Waals surface area contributed by atoms with Gasteiger partial charge < -0.3 is 5.32 Å². The van der Waals surface area contributed by atoms with Crippen molar-refractivity contribution in [2.45, 2.75) is 19.3 Å². The standard InChI is InChI=1S/C12H16BrN/c13-12-4-2-1-3-11(12)6-5-10-7-8-14-9-10/h1-4,10,14H,5-9H2. The van der Waals surface area contributed by atoms with Crippen molar-refractivity contribution in [2.75, 3.05) is 13.1 Å². The molecule has 1 saturated heterocycles. The summed E-state index contributed by atoms with van der Waals surface area (Å²) in [5.41, 5.74) is 1.44. The van der Waals surface area contributed by atoms with Gasteiger partial charge in [-0.1, -0.05) is 34.1 Å². The van der Waals surface area contributed by atoms with Gasteiger partial charge in [-0.05, 0) is 49.9 Å². The molecule has 0 spiro atoms. The Kier molecular flexibility index (Phi) is 3.60. The third-order valence-corrected chi connectivity index (χ3v) is 3.72. The molecule has 2 heteroatoms. The Morgan fingerprint density at radius 3 is 2.93 bits per heavy atom. The lowest BCUT2D eigenvalue weighted by atomic mass is 9.99. The first-order valence-electron chi connectivity index (χ1n) is 5.30. The first-order chi connectivity index (χ1) is 6.86. The summed E-state index contributed by atoms with van der Waals surface area (Å²) < 4.78 is 1.26. The number of hydrogen-bond donors (Lipinski definition) is 1. The van der Waals surface area contributed by atoms with Gasteiger partial charge in [-0.15, -0.1) is 0 Å². The Bertz CT molecular complexity index is 292. The van der Waals surface area contributed by atoms with E-state index in [-0.39, 0.29) is 0 Å². The van der Waals surface area contributed by atoms with Crippen LogP contribution in [0.15, 0.2) is 28.7 Å². The van der Waals surface area contributed by atoms with Crippen molar-refractivity contribution in [3.05, 3.63) is 34.3 Å². The summed E-state index contributed by atoms with van der Waals surface area (Å²) in [4.78, 5) is 0. The highest BCUT2D eigenvalue weighted by Crippen LogP contribution is 2.21. The maximum atomic E-state index is 3.59. The number of hydrogen-bond acceptors (Lipinski definition) is 1. The van der Waals surface area contributed by atoms with E-state index in [9.17, 15) is 0 Å². The van der Waals surface area contributed by atoms with Crippen LogP contribution in [0.25, 0.3) is 0 Å². The van der Waals surface area contributed by atoms with Gasteiger partial charge in [0, 0.05) is 4.47 Å². The van der Waals surface area contributed by atoms with Crippen LogP contribution in [0.5, 0.6) is 0 Å². The summed E-state index contributed by atoms with van der Waals surface area (Å²) in [7, 11) is 0. The molecule has 1 aromatic rings. The quantitative estimate of drug-likeness (QED) is 0.874. The Labute approximate surface area is 94.0 Å². The molecule has 0 bridgehead atoms. The highest BCUT2D eigenvalue weighted by Gasteiger charge is 2.14. The number of nitrogens with one attached hydrogen (secondary N) is 1. The van der Waals surface area contributed by atoms with Crippen LogP contribution in [0.4, 0.5) is 0 Å². The van der Waals surface area contributed by atoms with Crippen LogP contribution in [-0.4, -0.2) is 13.1 Å². The predicted molar refractivity (Wildman–Crippen MR) is 63.4 cm³/mol. The number of rotatable bonds is 3. The second kappa shape index (κ2) is 4.94. The smallest absolute Gasteiger partial charge is 0.0207 e. The first-order valence-corrected chi connectivity index (χ1v) is 6.09. The van der Waals surface area contributed by atoms with Crippen LogP contribution in [0.3, 0.4) is 0 Å². The Morgan fingerprint density at radius 2 is 2.21 bits per heavy atom. The average Bonchev–Trinajstić information content (AvgIpc) is 2.69. The van der Waals surface area contributed by atoms with Gasteiger partial charge in [0.1, 0.15) is 0 Å². The minimum absolute atomic E-state index is 0.891. The molecule has 1 N–H and O–H groups in total. The van der Waals surface area contributed by atoms with Gasteiger partial charge in [0.25, 0.3) is 0 Å². The van der Waals surface area contributed by atoms with Crippen LogP contribution in [0.1, 0.15) is 18.4 Å². The zero-order valence-electron chi connectivity index (χ0n) is 8.30. The summed E-state index contributed by atoms with van der Waals surface area (Å²) >= 11 is 3.59. The molecular formula is C12H16BrN. The average molecular weight is 254 g/mol. The van der Waals surface area contributed by atoms with E-state index in [4.69, 9.17) is 0 Å². The fourth-order valence-electron chi connectivity index (χ4n) is 2.02. The highest BCUT2D eigenvalue weighted by atomic mass is 79.9. The Hall–Kier alpha value is -0.340. The summed E-state index contributed by atoms with van der Waals surface area (Å²) in [6.45, 7) is 2.42. The zero-order chi connectivity index (χ0) is 9.80.